The Kier molecular flexibility index (Phi) is 12.4. The Morgan fingerprint density at radius 2 is 1.84 bits per heavy atom. The molecule has 0 aliphatic heterocycles. The summed E-state index contributed by atoms with van der Waals surface area (Å²) in [5.74, 6) is 1.24. The van der Waals surface area contributed by atoms with E-state index in [-0.39, 0.29) is 36.4 Å². The van der Waals surface area contributed by atoms with E-state index in [1.54, 1.807) is 19.0 Å². The van der Waals surface area contributed by atoms with Crippen molar-refractivity contribution in [3.05, 3.63) is 0 Å². The number of nitrogens with zero attached hydrogens (tertiary/aromatic N) is 2. The summed E-state index contributed by atoms with van der Waals surface area (Å²) in [5, 5.41) is 6.53. The first-order chi connectivity index (χ1) is 8.38. The number of carbonyl (C=O) groups excluding carboxylic acids is 1. The number of guanidine groups is 1. The lowest BCUT2D eigenvalue weighted by atomic mass is 10.1. The van der Waals surface area contributed by atoms with Crippen LogP contribution in [-0.4, -0.2) is 50.0 Å². The molecule has 114 valence electrons. The van der Waals surface area contributed by atoms with Crippen LogP contribution in [0.4, 0.5) is 0 Å². The van der Waals surface area contributed by atoms with Crippen molar-refractivity contribution in [2.24, 2.45) is 10.9 Å². The normalized spacial score (nSPS) is 12.7. The number of hydrogen-bond donors (Lipinski definition) is 2. The van der Waals surface area contributed by atoms with Gasteiger partial charge < -0.3 is 15.5 Å². The fraction of sp³-hybridized carbons (Fsp3) is 0.846. The average molecular weight is 384 g/mol. The Morgan fingerprint density at radius 1 is 1.26 bits per heavy atom. The summed E-state index contributed by atoms with van der Waals surface area (Å²) in [6.45, 7) is 9.55. The van der Waals surface area contributed by atoms with E-state index < -0.39 is 0 Å². The predicted octanol–water partition coefficient (Wildman–Crippen LogP) is 1.68. The first-order valence-corrected chi connectivity index (χ1v) is 6.63. The molecule has 1 atom stereocenters. The third-order valence-corrected chi connectivity index (χ3v) is 2.78. The minimum atomic E-state index is 0. The monoisotopic (exact) mass is 384 g/mol. The van der Waals surface area contributed by atoms with Gasteiger partial charge in [0.15, 0.2) is 5.96 Å². The third-order valence-electron chi connectivity index (χ3n) is 2.78. The van der Waals surface area contributed by atoms with E-state index >= 15 is 0 Å². The summed E-state index contributed by atoms with van der Waals surface area (Å²) < 4.78 is 0. The molecule has 0 aliphatic carbocycles. The fourth-order valence-electron chi connectivity index (χ4n) is 1.07. The van der Waals surface area contributed by atoms with Crippen LogP contribution >= 0.6 is 24.0 Å². The molecule has 0 aromatic heterocycles. The SMILES string of the molecule is CCCNC(=NCC(=O)N(C)C)NC(C)C(C)C.I. The Morgan fingerprint density at radius 3 is 2.26 bits per heavy atom. The van der Waals surface area contributed by atoms with Crippen LogP contribution in [0, 0.1) is 5.92 Å². The van der Waals surface area contributed by atoms with Crippen molar-refractivity contribution in [3.63, 3.8) is 0 Å². The van der Waals surface area contributed by atoms with Crippen LogP contribution < -0.4 is 10.6 Å². The van der Waals surface area contributed by atoms with Gasteiger partial charge in [-0.1, -0.05) is 20.8 Å². The second kappa shape index (κ2) is 11.3. The predicted molar refractivity (Wildman–Crippen MR) is 92.1 cm³/mol. The zero-order valence-corrected chi connectivity index (χ0v) is 15.3. The number of carbonyl (C=O) groups is 1. The van der Waals surface area contributed by atoms with Crippen molar-refractivity contribution >= 4 is 35.8 Å². The Hall–Kier alpha value is -0.530. The minimum Gasteiger partial charge on any atom is -0.356 e. The number of halogens is 1. The topological polar surface area (TPSA) is 56.7 Å². The number of likely N-dealkylation sites (N-methyl/N-ethyl adjacent to an activating group) is 1. The zero-order chi connectivity index (χ0) is 14.1. The third kappa shape index (κ3) is 9.98. The molecule has 0 heterocycles. The highest BCUT2D eigenvalue weighted by atomic mass is 127. The van der Waals surface area contributed by atoms with E-state index in [1.807, 2.05) is 0 Å². The van der Waals surface area contributed by atoms with Gasteiger partial charge in [-0.25, -0.2) is 4.99 Å². The van der Waals surface area contributed by atoms with Gasteiger partial charge in [-0.15, -0.1) is 24.0 Å². The molecule has 0 bridgehead atoms. The summed E-state index contributed by atoms with van der Waals surface area (Å²) in [5.41, 5.74) is 0. The summed E-state index contributed by atoms with van der Waals surface area (Å²) in [6, 6.07) is 0.322. The molecule has 2 N–H and O–H groups in total. The molecule has 0 aromatic rings. The molecule has 1 unspecified atom stereocenters. The first-order valence-electron chi connectivity index (χ1n) is 6.63. The Bertz CT molecular complexity index is 280. The molecular weight excluding hydrogens is 355 g/mol. The number of nitrogens with one attached hydrogen (secondary N) is 2. The lowest BCUT2D eigenvalue weighted by molar-refractivity contribution is -0.127. The highest BCUT2D eigenvalue weighted by molar-refractivity contribution is 14.0. The second-order valence-electron chi connectivity index (χ2n) is 5.06. The van der Waals surface area contributed by atoms with Crippen LogP contribution in [0.25, 0.3) is 0 Å². The minimum absolute atomic E-state index is 0. The Balaban J connectivity index is 0. The van der Waals surface area contributed by atoms with E-state index in [4.69, 9.17) is 0 Å². The van der Waals surface area contributed by atoms with E-state index in [9.17, 15) is 4.79 Å². The van der Waals surface area contributed by atoms with E-state index in [2.05, 4.69) is 43.3 Å². The van der Waals surface area contributed by atoms with Crippen LogP contribution in [0.2, 0.25) is 0 Å². The molecule has 0 aromatic carbocycles. The number of aliphatic imine (C=N–C) groups is 1. The largest absolute Gasteiger partial charge is 0.356 e. The van der Waals surface area contributed by atoms with Gasteiger partial charge in [0.1, 0.15) is 6.54 Å². The van der Waals surface area contributed by atoms with Crippen LogP contribution in [0.3, 0.4) is 0 Å². The summed E-state index contributed by atoms with van der Waals surface area (Å²) in [4.78, 5) is 17.4. The maximum atomic E-state index is 11.5. The molecular formula is C13H29IN4O. The molecule has 6 heteroatoms. The summed E-state index contributed by atoms with van der Waals surface area (Å²) >= 11 is 0. The van der Waals surface area contributed by atoms with Gasteiger partial charge in [-0.05, 0) is 19.3 Å². The first kappa shape index (κ1) is 20.8. The molecule has 0 rings (SSSR count). The van der Waals surface area contributed by atoms with Gasteiger partial charge in [0.05, 0.1) is 0 Å². The van der Waals surface area contributed by atoms with Crippen molar-refractivity contribution in [1.82, 2.24) is 15.5 Å². The Labute approximate surface area is 134 Å². The average Bonchev–Trinajstić information content (AvgIpc) is 2.31. The smallest absolute Gasteiger partial charge is 0.243 e. The lowest BCUT2D eigenvalue weighted by Crippen LogP contribution is -2.45. The van der Waals surface area contributed by atoms with Gasteiger partial charge in [-0.3, -0.25) is 4.79 Å². The highest BCUT2D eigenvalue weighted by Crippen LogP contribution is 1.99. The second-order valence-corrected chi connectivity index (χ2v) is 5.06. The van der Waals surface area contributed by atoms with Crippen molar-refractivity contribution in [1.29, 1.82) is 0 Å². The van der Waals surface area contributed by atoms with Gasteiger partial charge in [0.2, 0.25) is 5.91 Å². The molecule has 0 aliphatic rings. The van der Waals surface area contributed by atoms with Crippen LogP contribution in [0.15, 0.2) is 4.99 Å². The summed E-state index contributed by atoms with van der Waals surface area (Å²) in [6.07, 6.45) is 1.03. The molecule has 0 saturated heterocycles. The molecule has 0 radical (unpaired) electrons. The van der Waals surface area contributed by atoms with Crippen LogP contribution in [-0.2, 0) is 4.79 Å². The van der Waals surface area contributed by atoms with Gasteiger partial charge in [0.25, 0.3) is 0 Å². The van der Waals surface area contributed by atoms with Gasteiger partial charge in [0, 0.05) is 26.7 Å². The van der Waals surface area contributed by atoms with Gasteiger partial charge in [-0.2, -0.15) is 0 Å². The molecule has 5 nitrogen and oxygen atoms in total. The molecule has 0 saturated carbocycles. The van der Waals surface area contributed by atoms with Crippen molar-refractivity contribution in [2.45, 2.75) is 40.2 Å². The molecule has 0 spiro atoms. The van der Waals surface area contributed by atoms with Crippen LogP contribution in [0.5, 0.6) is 0 Å². The maximum Gasteiger partial charge on any atom is 0.243 e. The van der Waals surface area contributed by atoms with Crippen molar-refractivity contribution in [3.8, 4) is 0 Å². The van der Waals surface area contributed by atoms with Gasteiger partial charge >= 0.3 is 0 Å². The summed E-state index contributed by atoms with van der Waals surface area (Å²) in [7, 11) is 3.47. The maximum absolute atomic E-state index is 11.5. The standard InChI is InChI=1S/C13H28N4O.HI/c1-7-8-14-13(16-11(4)10(2)3)15-9-12(18)17(5)6;/h10-11H,7-9H2,1-6H3,(H2,14,15,16);1H. The van der Waals surface area contributed by atoms with Crippen molar-refractivity contribution in [2.75, 3.05) is 27.2 Å². The van der Waals surface area contributed by atoms with E-state index in [1.165, 1.54) is 0 Å². The van der Waals surface area contributed by atoms with E-state index in [0.29, 0.717) is 17.9 Å². The highest BCUT2D eigenvalue weighted by Gasteiger charge is 2.10. The zero-order valence-electron chi connectivity index (χ0n) is 13.0. The molecule has 1 amide bonds. The van der Waals surface area contributed by atoms with E-state index in [0.717, 1.165) is 13.0 Å². The van der Waals surface area contributed by atoms with Crippen LogP contribution in [0.1, 0.15) is 34.1 Å². The molecule has 0 fully saturated rings. The van der Waals surface area contributed by atoms with Crippen molar-refractivity contribution < 1.29 is 4.79 Å². The number of hydrogen-bond acceptors (Lipinski definition) is 2. The molecule has 19 heavy (non-hydrogen) atoms. The number of amides is 1. The fourth-order valence-corrected chi connectivity index (χ4v) is 1.07. The number of rotatable bonds is 6. The lowest BCUT2D eigenvalue weighted by Gasteiger charge is -2.21. The quantitative estimate of drug-likeness (QED) is 0.416.